The molecule has 1 aromatic heterocycles. The zero-order chi connectivity index (χ0) is 18.6. The van der Waals surface area contributed by atoms with E-state index in [9.17, 15) is 4.79 Å². The Labute approximate surface area is 159 Å². The van der Waals surface area contributed by atoms with E-state index in [0.717, 1.165) is 62.3 Å². The second-order valence-electron chi connectivity index (χ2n) is 7.34. The van der Waals surface area contributed by atoms with Crippen LogP contribution < -0.4 is 10.1 Å². The molecular formula is C20H28N4O3. The molecule has 1 saturated heterocycles. The number of carbonyl (C=O) groups is 1. The molecular weight excluding hydrogens is 344 g/mol. The lowest BCUT2D eigenvalue weighted by Crippen LogP contribution is -2.38. The van der Waals surface area contributed by atoms with Crippen LogP contribution in [0.5, 0.6) is 5.75 Å². The van der Waals surface area contributed by atoms with Gasteiger partial charge in [-0.25, -0.2) is 0 Å². The van der Waals surface area contributed by atoms with Crippen molar-refractivity contribution in [3.05, 3.63) is 23.9 Å². The van der Waals surface area contributed by atoms with Crippen LogP contribution in [0, 0.1) is 0 Å². The Morgan fingerprint density at radius 1 is 1.26 bits per heavy atom. The average molecular weight is 372 g/mol. The minimum Gasteiger partial charge on any atom is -0.494 e. The third-order valence-corrected chi connectivity index (χ3v) is 5.59. The largest absolute Gasteiger partial charge is 0.494 e. The van der Waals surface area contributed by atoms with Crippen LogP contribution in [-0.2, 0) is 11.3 Å². The minimum atomic E-state index is -0.0784. The van der Waals surface area contributed by atoms with Gasteiger partial charge >= 0.3 is 0 Å². The number of fused-ring (bicyclic) bond motifs is 1. The van der Waals surface area contributed by atoms with E-state index in [1.165, 1.54) is 12.8 Å². The number of carbonyl (C=O) groups excluding carboxylic acids is 1. The smallest absolute Gasteiger partial charge is 0.272 e. The van der Waals surface area contributed by atoms with Crippen molar-refractivity contribution >= 4 is 16.8 Å². The Morgan fingerprint density at radius 2 is 2.04 bits per heavy atom. The molecule has 146 valence electrons. The first-order valence-corrected chi connectivity index (χ1v) is 9.91. The molecule has 7 nitrogen and oxygen atoms in total. The summed E-state index contributed by atoms with van der Waals surface area (Å²) in [5, 5.41) is 8.71. The van der Waals surface area contributed by atoms with Crippen molar-refractivity contribution in [3.8, 4) is 5.75 Å². The predicted molar refractivity (Wildman–Crippen MR) is 103 cm³/mol. The van der Waals surface area contributed by atoms with Crippen molar-refractivity contribution in [3.63, 3.8) is 0 Å². The SMILES string of the molecule is COc1cccc2c(C(=O)NC3CCCC3)nn(CCN3CCOCC3)c12. The highest BCUT2D eigenvalue weighted by Crippen LogP contribution is 2.28. The summed E-state index contributed by atoms with van der Waals surface area (Å²) in [7, 11) is 1.66. The standard InChI is InChI=1S/C20H28N4O3/c1-26-17-8-4-7-16-18(20(25)21-15-5-2-3-6-15)22-24(19(16)17)10-9-23-11-13-27-14-12-23/h4,7-8,15H,2-3,5-6,9-14H2,1H3,(H,21,25). The molecule has 2 heterocycles. The summed E-state index contributed by atoms with van der Waals surface area (Å²) in [4.78, 5) is 15.2. The van der Waals surface area contributed by atoms with E-state index in [4.69, 9.17) is 14.6 Å². The van der Waals surface area contributed by atoms with Gasteiger partial charge < -0.3 is 14.8 Å². The molecule has 27 heavy (non-hydrogen) atoms. The van der Waals surface area contributed by atoms with Crippen LogP contribution in [0.1, 0.15) is 36.2 Å². The molecule has 0 unspecified atom stereocenters. The summed E-state index contributed by atoms with van der Waals surface area (Å²) in [5.41, 5.74) is 1.39. The van der Waals surface area contributed by atoms with Gasteiger partial charge in [0, 0.05) is 31.1 Å². The molecule has 1 aromatic carbocycles. The number of hydrogen-bond donors (Lipinski definition) is 1. The fraction of sp³-hybridized carbons (Fsp3) is 0.600. The zero-order valence-electron chi connectivity index (χ0n) is 15.9. The third kappa shape index (κ3) is 3.94. The van der Waals surface area contributed by atoms with E-state index in [1.54, 1.807) is 7.11 Å². The Balaban J connectivity index is 1.60. The van der Waals surface area contributed by atoms with Crippen molar-refractivity contribution in [2.45, 2.75) is 38.3 Å². The van der Waals surface area contributed by atoms with Gasteiger partial charge in [-0.2, -0.15) is 5.10 Å². The van der Waals surface area contributed by atoms with E-state index in [1.807, 2.05) is 22.9 Å². The molecule has 2 aromatic rings. The average Bonchev–Trinajstić information content (AvgIpc) is 3.34. The molecule has 4 rings (SSSR count). The second kappa shape index (κ2) is 8.27. The molecule has 0 radical (unpaired) electrons. The normalized spacial score (nSPS) is 18.9. The van der Waals surface area contributed by atoms with E-state index in [2.05, 4.69) is 10.2 Å². The number of nitrogens with zero attached hydrogens (tertiary/aromatic N) is 3. The van der Waals surface area contributed by atoms with Crippen molar-refractivity contribution < 1.29 is 14.3 Å². The van der Waals surface area contributed by atoms with Gasteiger partial charge in [-0.05, 0) is 18.9 Å². The summed E-state index contributed by atoms with van der Waals surface area (Å²) in [6.07, 6.45) is 4.50. The van der Waals surface area contributed by atoms with Crippen LogP contribution in [0.2, 0.25) is 0 Å². The summed E-state index contributed by atoms with van der Waals surface area (Å²) in [6, 6.07) is 6.08. The van der Waals surface area contributed by atoms with Crippen LogP contribution in [0.3, 0.4) is 0 Å². The predicted octanol–water partition coefficient (Wildman–Crippen LogP) is 2.05. The van der Waals surface area contributed by atoms with Crippen molar-refractivity contribution in [2.24, 2.45) is 0 Å². The first kappa shape index (κ1) is 18.3. The molecule has 1 saturated carbocycles. The maximum atomic E-state index is 12.9. The molecule has 1 aliphatic carbocycles. The summed E-state index contributed by atoms with van der Waals surface area (Å²) in [5.74, 6) is 0.673. The molecule has 0 bridgehead atoms. The lowest BCUT2D eigenvalue weighted by Gasteiger charge is -2.26. The van der Waals surface area contributed by atoms with Crippen molar-refractivity contribution in [1.29, 1.82) is 0 Å². The number of hydrogen-bond acceptors (Lipinski definition) is 5. The maximum Gasteiger partial charge on any atom is 0.272 e. The van der Waals surface area contributed by atoms with Gasteiger partial charge in [0.25, 0.3) is 5.91 Å². The number of methoxy groups -OCH3 is 1. The molecule has 2 fully saturated rings. The quantitative estimate of drug-likeness (QED) is 0.841. The fourth-order valence-electron chi connectivity index (χ4n) is 4.08. The number of benzene rings is 1. The van der Waals surface area contributed by atoms with Crippen LogP contribution >= 0.6 is 0 Å². The highest BCUT2D eigenvalue weighted by Gasteiger charge is 2.24. The topological polar surface area (TPSA) is 68.6 Å². The van der Waals surface area contributed by atoms with E-state index < -0.39 is 0 Å². The molecule has 1 amide bonds. The molecule has 7 heteroatoms. The summed E-state index contributed by atoms with van der Waals surface area (Å²) >= 11 is 0. The summed E-state index contributed by atoms with van der Waals surface area (Å²) < 4.78 is 12.9. The van der Waals surface area contributed by atoms with E-state index in [-0.39, 0.29) is 11.9 Å². The molecule has 1 aliphatic heterocycles. The number of nitrogens with one attached hydrogen (secondary N) is 1. The highest BCUT2D eigenvalue weighted by molar-refractivity contribution is 6.06. The number of rotatable bonds is 6. The first-order valence-electron chi connectivity index (χ1n) is 9.91. The Bertz CT molecular complexity index is 792. The van der Waals surface area contributed by atoms with Crippen molar-refractivity contribution in [1.82, 2.24) is 20.0 Å². The van der Waals surface area contributed by atoms with Crippen LogP contribution in [0.15, 0.2) is 18.2 Å². The monoisotopic (exact) mass is 372 g/mol. The minimum absolute atomic E-state index is 0.0784. The molecule has 1 N–H and O–H groups in total. The van der Waals surface area contributed by atoms with Crippen LogP contribution in [0.25, 0.3) is 10.9 Å². The number of morpholine rings is 1. The maximum absolute atomic E-state index is 12.9. The number of amides is 1. The van der Waals surface area contributed by atoms with Crippen LogP contribution in [-0.4, -0.2) is 66.6 Å². The Kier molecular flexibility index (Phi) is 5.59. The van der Waals surface area contributed by atoms with E-state index >= 15 is 0 Å². The highest BCUT2D eigenvalue weighted by atomic mass is 16.5. The second-order valence-corrected chi connectivity index (χ2v) is 7.34. The lowest BCUT2D eigenvalue weighted by atomic mass is 10.1. The number of para-hydroxylation sites is 1. The van der Waals surface area contributed by atoms with Gasteiger partial charge in [0.2, 0.25) is 0 Å². The lowest BCUT2D eigenvalue weighted by molar-refractivity contribution is 0.0361. The first-order chi connectivity index (χ1) is 13.3. The number of aromatic nitrogens is 2. The van der Waals surface area contributed by atoms with Gasteiger partial charge in [-0.3, -0.25) is 14.4 Å². The van der Waals surface area contributed by atoms with Gasteiger partial charge in [0.1, 0.15) is 11.3 Å². The van der Waals surface area contributed by atoms with Crippen LogP contribution in [0.4, 0.5) is 0 Å². The Morgan fingerprint density at radius 3 is 2.78 bits per heavy atom. The Hall–Kier alpha value is -2.12. The summed E-state index contributed by atoms with van der Waals surface area (Å²) in [6.45, 7) is 5.02. The number of ether oxygens (including phenoxy) is 2. The van der Waals surface area contributed by atoms with Gasteiger partial charge in [-0.15, -0.1) is 0 Å². The van der Waals surface area contributed by atoms with Crippen molar-refractivity contribution in [2.75, 3.05) is 40.0 Å². The molecule has 0 atom stereocenters. The fourth-order valence-corrected chi connectivity index (χ4v) is 4.08. The third-order valence-electron chi connectivity index (χ3n) is 5.59. The van der Waals surface area contributed by atoms with E-state index in [0.29, 0.717) is 12.2 Å². The zero-order valence-corrected chi connectivity index (χ0v) is 15.9. The van der Waals surface area contributed by atoms with Gasteiger partial charge in [0.15, 0.2) is 5.69 Å². The van der Waals surface area contributed by atoms with Gasteiger partial charge in [-0.1, -0.05) is 25.0 Å². The van der Waals surface area contributed by atoms with Gasteiger partial charge in [0.05, 0.1) is 26.9 Å². The molecule has 2 aliphatic rings. The molecule has 0 spiro atoms.